The predicted molar refractivity (Wildman–Crippen MR) is 54.1 cm³/mol. The van der Waals surface area contributed by atoms with Crippen LogP contribution in [0.4, 0.5) is 0 Å². The topological polar surface area (TPSA) is 68.1 Å². The number of ether oxygens (including phenoxy) is 1. The van der Waals surface area contributed by atoms with Gasteiger partial charge in [-0.15, -0.1) is 0 Å². The summed E-state index contributed by atoms with van der Waals surface area (Å²) in [6.45, 7) is 0. The number of hydrogen-bond acceptors (Lipinski definition) is 4. The van der Waals surface area contributed by atoms with Gasteiger partial charge in [0.15, 0.2) is 5.82 Å². The normalized spacial score (nSPS) is 10.3. The third-order valence-corrected chi connectivity index (χ3v) is 2.16. The number of H-pyrrole nitrogens is 1. The van der Waals surface area contributed by atoms with Crippen molar-refractivity contribution < 1.29 is 9.26 Å². The Morgan fingerprint density at radius 1 is 1.53 bits per heavy atom. The number of methoxy groups -OCH3 is 1. The van der Waals surface area contributed by atoms with Crippen LogP contribution in [0.15, 0.2) is 27.5 Å². The van der Waals surface area contributed by atoms with Crippen LogP contribution in [0.1, 0.15) is 0 Å². The summed E-state index contributed by atoms with van der Waals surface area (Å²) in [5, 5.41) is 3.98. The number of aromatic amines is 1. The summed E-state index contributed by atoms with van der Waals surface area (Å²) in [6, 6.07) is 5.04. The molecular weight excluding hydrogens is 220 g/mol. The van der Waals surface area contributed by atoms with Crippen LogP contribution in [0.2, 0.25) is 5.02 Å². The van der Waals surface area contributed by atoms with E-state index >= 15 is 0 Å². The molecule has 0 radical (unpaired) electrons. The third kappa shape index (κ3) is 1.87. The molecule has 2 rings (SSSR count). The van der Waals surface area contributed by atoms with Crippen LogP contribution < -0.4 is 10.5 Å². The van der Waals surface area contributed by atoms with Crippen molar-refractivity contribution in [1.29, 1.82) is 0 Å². The highest BCUT2D eigenvalue weighted by Crippen LogP contribution is 2.28. The Bertz CT molecular complexity index is 532. The minimum absolute atomic E-state index is 0.338. The number of halogens is 1. The molecule has 2 aromatic rings. The van der Waals surface area contributed by atoms with E-state index in [9.17, 15) is 4.79 Å². The lowest BCUT2D eigenvalue weighted by molar-refractivity contribution is 0.388. The van der Waals surface area contributed by atoms with Crippen molar-refractivity contribution in [2.24, 2.45) is 0 Å². The summed E-state index contributed by atoms with van der Waals surface area (Å²) in [7, 11) is 1.53. The molecule has 5 nitrogen and oxygen atoms in total. The van der Waals surface area contributed by atoms with E-state index in [1.807, 2.05) is 0 Å². The quantitative estimate of drug-likeness (QED) is 0.846. The van der Waals surface area contributed by atoms with Crippen LogP contribution in [0.5, 0.6) is 5.75 Å². The Labute approximate surface area is 89.6 Å². The average molecular weight is 227 g/mol. The van der Waals surface area contributed by atoms with Crippen molar-refractivity contribution in [3.05, 3.63) is 33.8 Å². The van der Waals surface area contributed by atoms with E-state index in [4.69, 9.17) is 16.3 Å². The maximum atomic E-state index is 10.7. The lowest BCUT2D eigenvalue weighted by Crippen LogP contribution is -1.94. The second-order valence-electron chi connectivity index (χ2n) is 2.79. The van der Waals surface area contributed by atoms with Gasteiger partial charge in [0.25, 0.3) is 0 Å². The standard InChI is InChI=1S/C9H7ClN2O3/c1-14-7-3-2-5(4-6(7)10)8-11-9(13)15-12-8/h2-4H,1H3,(H,11,12,13). The monoisotopic (exact) mass is 226 g/mol. The molecule has 0 aliphatic rings. The van der Waals surface area contributed by atoms with Crippen LogP contribution in [0.25, 0.3) is 11.4 Å². The molecular formula is C9H7ClN2O3. The number of aromatic nitrogens is 2. The molecule has 1 N–H and O–H groups in total. The molecule has 1 aromatic carbocycles. The zero-order valence-electron chi connectivity index (χ0n) is 7.78. The van der Waals surface area contributed by atoms with E-state index in [-0.39, 0.29) is 0 Å². The Hall–Kier alpha value is -1.75. The van der Waals surface area contributed by atoms with Crippen LogP contribution in [0.3, 0.4) is 0 Å². The van der Waals surface area contributed by atoms with Gasteiger partial charge in [-0.2, -0.15) is 0 Å². The minimum Gasteiger partial charge on any atom is -0.495 e. The molecule has 1 heterocycles. The van der Waals surface area contributed by atoms with Crippen LogP contribution >= 0.6 is 11.6 Å². The molecule has 0 saturated heterocycles. The van der Waals surface area contributed by atoms with Gasteiger partial charge in [-0.3, -0.25) is 9.51 Å². The molecule has 1 aromatic heterocycles. The van der Waals surface area contributed by atoms with Crippen molar-refractivity contribution in [1.82, 2.24) is 10.1 Å². The molecule has 0 aliphatic carbocycles. The van der Waals surface area contributed by atoms with Gasteiger partial charge in [0.2, 0.25) is 0 Å². The fourth-order valence-electron chi connectivity index (χ4n) is 1.17. The molecule has 0 fully saturated rings. The average Bonchev–Trinajstić information content (AvgIpc) is 2.65. The fraction of sp³-hybridized carbons (Fsp3) is 0.111. The van der Waals surface area contributed by atoms with Gasteiger partial charge >= 0.3 is 5.76 Å². The van der Waals surface area contributed by atoms with Crippen LogP contribution in [0, 0.1) is 0 Å². The molecule has 0 saturated carbocycles. The van der Waals surface area contributed by atoms with Gasteiger partial charge in [0.1, 0.15) is 5.75 Å². The van der Waals surface area contributed by atoms with E-state index in [1.54, 1.807) is 18.2 Å². The zero-order valence-corrected chi connectivity index (χ0v) is 8.54. The molecule has 6 heteroatoms. The Kier molecular flexibility index (Phi) is 2.47. The number of hydrogen-bond donors (Lipinski definition) is 1. The molecule has 0 spiro atoms. The Morgan fingerprint density at radius 3 is 2.87 bits per heavy atom. The minimum atomic E-state index is -0.600. The lowest BCUT2D eigenvalue weighted by Gasteiger charge is -2.03. The van der Waals surface area contributed by atoms with Gasteiger partial charge in [-0.05, 0) is 18.2 Å². The van der Waals surface area contributed by atoms with Gasteiger partial charge in [0, 0.05) is 5.56 Å². The van der Waals surface area contributed by atoms with Crippen molar-refractivity contribution in [3.63, 3.8) is 0 Å². The van der Waals surface area contributed by atoms with E-state index in [0.29, 0.717) is 22.2 Å². The van der Waals surface area contributed by atoms with Gasteiger partial charge in [-0.25, -0.2) is 4.79 Å². The summed E-state index contributed by atoms with van der Waals surface area (Å²) < 4.78 is 9.37. The highest BCUT2D eigenvalue weighted by molar-refractivity contribution is 6.32. The number of nitrogens with one attached hydrogen (secondary N) is 1. The highest BCUT2D eigenvalue weighted by Gasteiger charge is 2.07. The van der Waals surface area contributed by atoms with E-state index < -0.39 is 5.76 Å². The Balaban J connectivity index is 2.46. The second kappa shape index (κ2) is 3.78. The van der Waals surface area contributed by atoms with Crippen LogP contribution in [-0.4, -0.2) is 17.3 Å². The first-order valence-corrected chi connectivity index (χ1v) is 4.48. The first kappa shape index (κ1) is 9.79. The summed E-state index contributed by atoms with van der Waals surface area (Å²) >= 11 is 5.91. The summed E-state index contributed by atoms with van der Waals surface area (Å²) in [5.74, 6) is 0.299. The second-order valence-corrected chi connectivity index (χ2v) is 3.20. The molecule has 15 heavy (non-hydrogen) atoms. The highest BCUT2D eigenvalue weighted by atomic mass is 35.5. The molecule has 0 amide bonds. The van der Waals surface area contributed by atoms with Crippen LogP contribution in [-0.2, 0) is 0 Å². The molecule has 0 atom stereocenters. The summed E-state index contributed by atoms with van der Waals surface area (Å²) in [5.41, 5.74) is 0.659. The van der Waals surface area contributed by atoms with Crippen molar-refractivity contribution >= 4 is 11.6 Å². The fourth-order valence-corrected chi connectivity index (χ4v) is 1.43. The van der Waals surface area contributed by atoms with Crippen molar-refractivity contribution in [2.75, 3.05) is 7.11 Å². The van der Waals surface area contributed by atoms with E-state index in [1.165, 1.54) is 7.11 Å². The number of nitrogens with zero attached hydrogens (tertiary/aromatic N) is 1. The molecule has 0 unspecified atom stereocenters. The SMILES string of the molecule is COc1ccc(-c2noc(=O)[nH]2)cc1Cl. The molecule has 78 valence electrons. The van der Waals surface area contributed by atoms with Gasteiger partial charge in [0.05, 0.1) is 12.1 Å². The van der Waals surface area contributed by atoms with Crippen molar-refractivity contribution in [3.8, 4) is 17.1 Å². The van der Waals surface area contributed by atoms with Gasteiger partial charge < -0.3 is 4.74 Å². The van der Waals surface area contributed by atoms with Crippen molar-refractivity contribution in [2.45, 2.75) is 0 Å². The maximum Gasteiger partial charge on any atom is 0.439 e. The largest absolute Gasteiger partial charge is 0.495 e. The van der Waals surface area contributed by atoms with E-state index in [0.717, 1.165) is 0 Å². The third-order valence-electron chi connectivity index (χ3n) is 1.87. The molecule has 0 bridgehead atoms. The first-order chi connectivity index (χ1) is 7.20. The first-order valence-electron chi connectivity index (χ1n) is 4.10. The number of benzene rings is 1. The zero-order chi connectivity index (χ0) is 10.8. The number of rotatable bonds is 2. The maximum absolute atomic E-state index is 10.7. The molecule has 0 aliphatic heterocycles. The summed E-state index contributed by atoms with van der Waals surface area (Å²) in [6.07, 6.45) is 0. The summed E-state index contributed by atoms with van der Waals surface area (Å²) in [4.78, 5) is 13.2. The lowest BCUT2D eigenvalue weighted by atomic mass is 10.2. The van der Waals surface area contributed by atoms with Gasteiger partial charge in [-0.1, -0.05) is 16.8 Å². The smallest absolute Gasteiger partial charge is 0.439 e. The predicted octanol–water partition coefficient (Wildman–Crippen LogP) is 1.69. The Morgan fingerprint density at radius 2 is 2.33 bits per heavy atom. The van der Waals surface area contributed by atoms with E-state index in [2.05, 4.69) is 14.7 Å².